The maximum atomic E-state index is 6.43. The predicted molar refractivity (Wildman–Crippen MR) is 135 cm³/mol. The quantitative estimate of drug-likeness (QED) is 0.165. The molecule has 9 heteroatoms. The Kier molecular flexibility index (Phi) is 8.00. The van der Waals surface area contributed by atoms with Gasteiger partial charge in [0.05, 0.1) is 32.2 Å². The maximum Gasteiger partial charge on any atom is 0.165 e. The highest BCUT2D eigenvalue weighted by Gasteiger charge is 2.41. The number of hydrogen-bond acceptors (Lipinski definition) is 7. The smallest absolute Gasteiger partial charge is 0.165 e. The molecule has 0 fully saturated rings. The summed E-state index contributed by atoms with van der Waals surface area (Å²) in [6, 6.07) is 19.8. The van der Waals surface area contributed by atoms with Crippen LogP contribution in [0.3, 0.4) is 0 Å². The van der Waals surface area contributed by atoms with Gasteiger partial charge in [-0.05, 0) is 22.8 Å². The third-order valence-corrected chi connectivity index (χ3v) is 6.33. The Morgan fingerprint density at radius 2 is 1.58 bits per heavy atom. The van der Waals surface area contributed by atoms with Gasteiger partial charge >= 0.3 is 0 Å². The van der Waals surface area contributed by atoms with Gasteiger partial charge in [-0.2, -0.15) is 0 Å². The number of aromatic nitrogens is 4. The van der Waals surface area contributed by atoms with E-state index in [0.717, 1.165) is 16.7 Å². The normalized spacial score (nSPS) is 19.6. The zero-order valence-corrected chi connectivity index (χ0v) is 20.6. The SMILES string of the molecule is COCO[C@@H]1C(COCc2ccccc2)=C[C@H](OCc2ccccc2)[C@H]1n1cnc2c(Cl)ncnc21. The number of benzene rings is 2. The summed E-state index contributed by atoms with van der Waals surface area (Å²) in [6.45, 7) is 1.43. The van der Waals surface area contributed by atoms with Crippen LogP contribution in [0.5, 0.6) is 0 Å². The van der Waals surface area contributed by atoms with Gasteiger partial charge in [0, 0.05) is 7.11 Å². The van der Waals surface area contributed by atoms with E-state index in [9.17, 15) is 0 Å². The second-order valence-electron chi connectivity index (χ2n) is 8.45. The van der Waals surface area contributed by atoms with Gasteiger partial charge in [0.2, 0.25) is 0 Å². The third kappa shape index (κ3) is 5.48. The van der Waals surface area contributed by atoms with Gasteiger partial charge in [-0.1, -0.05) is 72.3 Å². The van der Waals surface area contributed by atoms with Gasteiger partial charge < -0.3 is 23.5 Å². The Hall–Kier alpha value is -3.14. The van der Waals surface area contributed by atoms with Crippen LogP contribution in [0.1, 0.15) is 17.2 Å². The van der Waals surface area contributed by atoms with Crippen LogP contribution in [0.25, 0.3) is 11.2 Å². The average Bonchev–Trinajstić information content (AvgIpc) is 3.49. The molecule has 0 bridgehead atoms. The van der Waals surface area contributed by atoms with E-state index in [1.807, 2.05) is 65.2 Å². The first-order chi connectivity index (χ1) is 17.7. The number of nitrogens with zero attached hydrogens (tertiary/aromatic N) is 4. The molecule has 0 saturated heterocycles. The Morgan fingerprint density at radius 1 is 0.861 bits per heavy atom. The van der Waals surface area contributed by atoms with Crippen LogP contribution in [0, 0.1) is 0 Å². The molecule has 5 rings (SSSR count). The van der Waals surface area contributed by atoms with E-state index in [1.165, 1.54) is 6.33 Å². The van der Waals surface area contributed by atoms with Crippen LogP contribution in [0.15, 0.2) is 85.0 Å². The predicted octanol–water partition coefficient (Wildman–Crippen LogP) is 4.75. The highest BCUT2D eigenvalue weighted by atomic mass is 35.5. The van der Waals surface area contributed by atoms with E-state index in [2.05, 4.69) is 21.0 Å². The fourth-order valence-electron chi connectivity index (χ4n) is 4.39. The number of rotatable bonds is 11. The molecule has 0 amide bonds. The summed E-state index contributed by atoms with van der Waals surface area (Å²) in [5.74, 6) is 0. The van der Waals surface area contributed by atoms with Crippen molar-refractivity contribution in [3.63, 3.8) is 0 Å². The van der Waals surface area contributed by atoms with Crippen LogP contribution in [-0.2, 0) is 32.2 Å². The Labute approximate surface area is 214 Å². The number of fused-ring (bicyclic) bond motifs is 1. The fourth-order valence-corrected chi connectivity index (χ4v) is 4.57. The minimum atomic E-state index is -0.382. The third-order valence-electron chi connectivity index (χ3n) is 6.06. The molecule has 8 nitrogen and oxygen atoms in total. The lowest BCUT2D eigenvalue weighted by atomic mass is 10.1. The monoisotopic (exact) mass is 506 g/mol. The van der Waals surface area contributed by atoms with Crippen molar-refractivity contribution in [3.05, 3.63) is 101 Å². The molecule has 3 atom stereocenters. The van der Waals surface area contributed by atoms with Crippen molar-refractivity contribution in [3.8, 4) is 0 Å². The molecule has 0 spiro atoms. The first-order valence-electron chi connectivity index (χ1n) is 11.7. The lowest BCUT2D eigenvalue weighted by molar-refractivity contribution is -0.0898. The van der Waals surface area contributed by atoms with E-state index < -0.39 is 0 Å². The molecule has 0 saturated carbocycles. The highest BCUT2D eigenvalue weighted by Crippen LogP contribution is 2.37. The van der Waals surface area contributed by atoms with Crippen molar-refractivity contribution >= 4 is 22.8 Å². The topological polar surface area (TPSA) is 80.5 Å². The summed E-state index contributed by atoms with van der Waals surface area (Å²) in [7, 11) is 1.60. The lowest BCUT2D eigenvalue weighted by Crippen LogP contribution is -2.33. The zero-order valence-electron chi connectivity index (χ0n) is 19.9. The number of methoxy groups -OCH3 is 1. The summed E-state index contributed by atoms with van der Waals surface area (Å²) >= 11 is 6.29. The van der Waals surface area contributed by atoms with Crippen LogP contribution in [0.2, 0.25) is 5.15 Å². The number of imidazole rings is 1. The fraction of sp³-hybridized carbons (Fsp3) is 0.296. The molecule has 186 valence electrons. The number of hydrogen-bond donors (Lipinski definition) is 0. The zero-order chi connectivity index (χ0) is 24.7. The molecule has 0 unspecified atom stereocenters. The molecule has 36 heavy (non-hydrogen) atoms. The first kappa shape index (κ1) is 24.5. The van der Waals surface area contributed by atoms with Crippen molar-refractivity contribution in [1.82, 2.24) is 19.5 Å². The summed E-state index contributed by atoms with van der Waals surface area (Å²) in [4.78, 5) is 13.0. The average molecular weight is 507 g/mol. The Morgan fingerprint density at radius 3 is 2.31 bits per heavy atom. The van der Waals surface area contributed by atoms with Crippen LogP contribution >= 0.6 is 11.6 Å². The van der Waals surface area contributed by atoms with Crippen molar-refractivity contribution < 1.29 is 18.9 Å². The molecule has 0 N–H and O–H groups in total. The lowest BCUT2D eigenvalue weighted by Gasteiger charge is -2.28. The Balaban J connectivity index is 1.44. The highest BCUT2D eigenvalue weighted by molar-refractivity contribution is 6.33. The summed E-state index contributed by atoms with van der Waals surface area (Å²) in [6.07, 6.45) is 4.51. The molecular weight excluding hydrogens is 480 g/mol. The van der Waals surface area contributed by atoms with Gasteiger partial charge in [0.15, 0.2) is 10.8 Å². The molecular formula is C27H27ClN4O4. The molecule has 1 aliphatic carbocycles. The van der Waals surface area contributed by atoms with E-state index in [-0.39, 0.29) is 25.0 Å². The maximum absolute atomic E-state index is 6.43. The second kappa shape index (κ2) is 11.7. The van der Waals surface area contributed by atoms with Gasteiger partial charge in [-0.3, -0.25) is 0 Å². The summed E-state index contributed by atoms with van der Waals surface area (Å²) in [5.41, 5.74) is 4.28. The second-order valence-corrected chi connectivity index (χ2v) is 8.81. The van der Waals surface area contributed by atoms with Crippen molar-refractivity contribution in [2.24, 2.45) is 0 Å². The van der Waals surface area contributed by atoms with E-state index >= 15 is 0 Å². The first-order valence-corrected chi connectivity index (χ1v) is 12.0. The molecule has 0 aliphatic heterocycles. The molecule has 2 heterocycles. The standard InChI is InChI=1S/C27H27ClN4O4/c1-33-18-36-25-21(15-34-13-19-8-4-2-5-9-19)12-22(35-14-20-10-6-3-7-11-20)24(25)32-17-31-23-26(28)29-16-30-27(23)32/h2-12,16-17,22,24-25H,13-15,18H2,1H3/t22-,24+,25+/m0/s1. The van der Waals surface area contributed by atoms with E-state index in [1.54, 1.807) is 13.4 Å². The Bertz CT molecular complexity index is 1300. The van der Waals surface area contributed by atoms with Crippen molar-refractivity contribution in [1.29, 1.82) is 0 Å². The molecule has 0 radical (unpaired) electrons. The molecule has 2 aromatic heterocycles. The van der Waals surface area contributed by atoms with Crippen LogP contribution < -0.4 is 0 Å². The number of halogens is 1. The van der Waals surface area contributed by atoms with Crippen LogP contribution in [-0.4, -0.2) is 52.2 Å². The molecule has 1 aliphatic rings. The largest absolute Gasteiger partial charge is 0.372 e. The van der Waals surface area contributed by atoms with Crippen molar-refractivity contribution in [2.45, 2.75) is 31.5 Å². The van der Waals surface area contributed by atoms with Crippen molar-refractivity contribution in [2.75, 3.05) is 20.5 Å². The summed E-state index contributed by atoms with van der Waals surface area (Å²) in [5, 5.41) is 0.298. The van der Waals surface area contributed by atoms with Crippen LogP contribution in [0.4, 0.5) is 0 Å². The van der Waals surface area contributed by atoms with E-state index in [0.29, 0.717) is 36.1 Å². The van der Waals surface area contributed by atoms with E-state index in [4.69, 9.17) is 30.5 Å². The van der Waals surface area contributed by atoms with Gasteiger partial charge in [-0.25, -0.2) is 15.0 Å². The van der Waals surface area contributed by atoms with Gasteiger partial charge in [-0.15, -0.1) is 0 Å². The molecule has 2 aromatic carbocycles. The molecule has 4 aromatic rings. The minimum Gasteiger partial charge on any atom is -0.372 e. The van der Waals surface area contributed by atoms with Gasteiger partial charge in [0.1, 0.15) is 30.8 Å². The summed E-state index contributed by atoms with van der Waals surface area (Å²) < 4.78 is 25.9. The van der Waals surface area contributed by atoms with Gasteiger partial charge in [0.25, 0.3) is 0 Å². The number of ether oxygens (including phenoxy) is 4. The minimum absolute atomic E-state index is 0.116.